The summed E-state index contributed by atoms with van der Waals surface area (Å²) in [5, 5.41) is 9.64. The predicted octanol–water partition coefficient (Wildman–Crippen LogP) is 1.29. The third kappa shape index (κ3) is 2.07. The van der Waals surface area contributed by atoms with Gasteiger partial charge in [-0.05, 0) is 18.6 Å². The number of benzene rings is 1. The Morgan fingerprint density at radius 3 is 2.78 bits per heavy atom. The Hall–Kier alpha value is -2.30. The van der Waals surface area contributed by atoms with Crippen molar-refractivity contribution in [3.8, 4) is 5.75 Å². The molecule has 1 aromatic rings. The maximum Gasteiger partial charge on any atom is 0.329 e. The third-order valence-electron chi connectivity index (χ3n) is 2.80. The normalized spacial score (nSPS) is 17.8. The number of hydrogen-bond donors (Lipinski definition) is 1. The van der Waals surface area contributed by atoms with E-state index >= 15 is 0 Å². The highest BCUT2D eigenvalue weighted by molar-refractivity contribution is 6.00. The number of nitrogens with zero attached hydrogens (tertiary/aromatic N) is 1. The highest BCUT2D eigenvalue weighted by Crippen LogP contribution is 2.23. The van der Waals surface area contributed by atoms with Crippen LogP contribution < -0.4 is 0 Å². The Bertz CT molecular complexity index is 509. The van der Waals surface area contributed by atoms with E-state index < -0.39 is 17.9 Å². The number of hydrogen-bond acceptors (Lipinski definition) is 4. The standard InChI is InChI=1S/C13H13NO4/c1-18-13(17)10-6-4-8-14(10)12(16)9-5-2-3-7-11(9)15/h2-5,7-8,10,15H,6H2,1H3/t10-/m0/s1. The molecule has 5 nitrogen and oxygen atoms in total. The summed E-state index contributed by atoms with van der Waals surface area (Å²) in [5.74, 6) is -0.993. The lowest BCUT2D eigenvalue weighted by Gasteiger charge is -2.21. The first-order chi connectivity index (χ1) is 8.65. The summed E-state index contributed by atoms with van der Waals surface area (Å²) in [7, 11) is 1.28. The number of methoxy groups -OCH3 is 1. The fraction of sp³-hybridized carbons (Fsp3) is 0.231. The van der Waals surface area contributed by atoms with E-state index in [1.54, 1.807) is 18.2 Å². The largest absolute Gasteiger partial charge is 0.507 e. The summed E-state index contributed by atoms with van der Waals surface area (Å²) < 4.78 is 4.65. The SMILES string of the molecule is COC(=O)[C@@H]1CC=CN1C(=O)c1ccccc1O. The molecule has 0 spiro atoms. The number of phenolic OH excluding ortho intramolecular Hbond substituents is 1. The maximum absolute atomic E-state index is 12.2. The van der Waals surface area contributed by atoms with Crippen LogP contribution in [0.3, 0.4) is 0 Å². The van der Waals surface area contributed by atoms with E-state index in [2.05, 4.69) is 4.74 Å². The smallest absolute Gasteiger partial charge is 0.329 e. The predicted molar refractivity (Wildman–Crippen MR) is 63.8 cm³/mol. The van der Waals surface area contributed by atoms with E-state index in [9.17, 15) is 14.7 Å². The monoisotopic (exact) mass is 247 g/mol. The molecule has 5 heteroatoms. The molecule has 1 heterocycles. The molecule has 0 saturated carbocycles. The third-order valence-corrected chi connectivity index (χ3v) is 2.80. The van der Waals surface area contributed by atoms with Gasteiger partial charge >= 0.3 is 5.97 Å². The van der Waals surface area contributed by atoms with Crippen molar-refractivity contribution in [3.05, 3.63) is 42.1 Å². The number of amides is 1. The van der Waals surface area contributed by atoms with Crippen LogP contribution in [0.1, 0.15) is 16.8 Å². The topological polar surface area (TPSA) is 66.8 Å². The molecule has 0 unspecified atom stereocenters. The van der Waals surface area contributed by atoms with E-state index in [1.165, 1.54) is 30.3 Å². The first-order valence-corrected chi connectivity index (χ1v) is 5.50. The molecule has 1 aliphatic heterocycles. The van der Waals surface area contributed by atoms with E-state index in [1.807, 2.05) is 0 Å². The molecular weight excluding hydrogens is 234 g/mol. The molecule has 94 valence electrons. The summed E-state index contributed by atoms with van der Waals surface area (Å²) in [6.45, 7) is 0. The maximum atomic E-state index is 12.2. The summed E-state index contributed by atoms with van der Waals surface area (Å²) in [4.78, 5) is 25.0. The molecule has 0 aliphatic carbocycles. The molecule has 0 aromatic heterocycles. The van der Waals surface area contributed by atoms with E-state index in [-0.39, 0.29) is 11.3 Å². The van der Waals surface area contributed by atoms with Gasteiger partial charge in [0.1, 0.15) is 11.8 Å². The minimum absolute atomic E-state index is 0.105. The molecule has 18 heavy (non-hydrogen) atoms. The Morgan fingerprint density at radius 1 is 1.39 bits per heavy atom. The zero-order valence-corrected chi connectivity index (χ0v) is 9.87. The van der Waals surface area contributed by atoms with Crippen molar-refractivity contribution in [2.24, 2.45) is 0 Å². The minimum Gasteiger partial charge on any atom is -0.507 e. The fourth-order valence-corrected chi connectivity index (χ4v) is 1.87. The molecule has 0 fully saturated rings. The van der Waals surface area contributed by atoms with E-state index in [0.717, 1.165) is 0 Å². The van der Waals surface area contributed by atoms with Crippen molar-refractivity contribution in [2.45, 2.75) is 12.5 Å². The second-order valence-electron chi connectivity index (χ2n) is 3.89. The number of phenols is 1. The number of carbonyl (C=O) groups is 2. The second-order valence-corrected chi connectivity index (χ2v) is 3.89. The van der Waals surface area contributed by atoms with Gasteiger partial charge in [-0.1, -0.05) is 18.2 Å². The van der Waals surface area contributed by atoms with Crippen LogP contribution in [0.2, 0.25) is 0 Å². The molecule has 1 aliphatic rings. The van der Waals surface area contributed by atoms with Crippen molar-refractivity contribution in [1.82, 2.24) is 4.90 Å². The van der Waals surface area contributed by atoms with Crippen LogP contribution in [0.4, 0.5) is 0 Å². The van der Waals surface area contributed by atoms with Crippen LogP contribution in [-0.2, 0) is 9.53 Å². The number of carbonyl (C=O) groups excluding carboxylic acids is 2. The van der Waals surface area contributed by atoms with Gasteiger partial charge in [-0.2, -0.15) is 0 Å². The number of esters is 1. The quantitative estimate of drug-likeness (QED) is 0.800. The Morgan fingerprint density at radius 2 is 2.11 bits per heavy atom. The molecular formula is C13H13NO4. The van der Waals surface area contributed by atoms with Gasteiger partial charge in [0.15, 0.2) is 0 Å². The van der Waals surface area contributed by atoms with E-state index in [4.69, 9.17) is 0 Å². The van der Waals surface area contributed by atoms with Gasteiger partial charge in [0, 0.05) is 6.20 Å². The number of aromatic hydroxyl groups is 1. The van der Waals surface area contributed by atoms with Gasteiger partial charge in [-0.25, -0.2) is 4.79 Å². The second kappa shape index (κ2) is 4.91. The molecule has 0 bridgehead atoms. The van der Waals surface area contributed by atoms with Gasteiger partial charge in [-0.15, -0.1) is 0 Å². The van der Waals surface area contributed by atoms with Crippen LogP contribution in [0.25, 0.3) is 0 Å². The lowest BCUT2D eigenvalue weighted by atomic mass is 10.1. The van der Waals surface area contributed by atoms with Crippen LogP contribution in [0.5, 0.6) is 5.75 Å². The van der Waals surface area contributed by atoms with Crippen LogP contribution in [0.15, 0.2) is 36.5 Å². The van der Waals surface area contributed by atoms with Crippen molar-refractivity contribution in [1.29, 1.82) is 0 Å². The fourth-order valence-electron chi connectivity index (χ4n) is 1.87. The van der Waals surface area contributed by atoms with Crippen molar-refractivity contribution < 1.29 is 19.4 Å². The van der Waals surface area contributed by atoms with E-state index in [0.29, 0.717) is 6.42 Å². The number of ether oxygens (including phenoxy) is 1. The first-order valence-electron chi connectivity index (χ1n) is 5.50. The Balaban J connectivity index is 2.26. The lowest BCUT2D eigenvalue weighted by molar-refractivity contribution is -0.144. The van der Waals surface area contributed by atoms with Gasteiger partial charge in [0.2, 0.25) is 0 Å². The average Bonchev–Trinajstić information content (AvgIpc) is 2.86. The lowest BCUT2D eigenvalue weighted by Crippen LogP contribution is -2.39. The van der Waals surface area contributed by atoms with Crippen LogP contribution in [-0.4, -0.2) is 35.0 Å². The highest BCUT2D eigenvalue weighted by Gasteiger charge is 2.33. The first kappa shape index (κ1) is 12.2. The molecule has 2 rings (SSSR count). The Kier molecular flexibility index (Phi) is 3.32. The summed E-state index contributed by atoms with van der Waals surface area (Å²) in [6, 6.07) is 5.57. The molecule has 1 aromatic carbocycles. The van der Waals surface area contributed by atoms with Gasteiger partial charge in [0.05, 0.1) is 12.7 Å². The van der Waals surface area contributed by atoms with Gasteiger partial charge < -0.3 is 14.7 Å². The average molecular weight is 247 g/mol. The zero-order valence-electron chi connectivity index (χ0n) is 9.87. The van der Waals surface area contributed by atoms with Crippen LogP contribution in [0, 0.1) is 0 Å². The van der Waals surface area contributed by atoms with Crippen molar-refractivity contribution in [3.63, 3.8) is 0 Å². The van der Waals surface area contributed by atoms with Gasteiger partial charge in [-0.3, -0.25) is 4.79 Å². The summed E-state index contributed by atoms with van der Waals surface area (Å²) in [5.41, 5.74) is 0.165. The zero-order chi connectivity index (χ0) is 13.1. The number of para-hydroxylation sites is 1. The van der Waals surface area contributed by atoms with Crippen LogP contribution >= 0.6 is 0 Å². The molecule has 0 saturated heterocycles. The Labute approximate surface area is 104 Å². The highest BCUT2D eigenvalue weighted by atomic mass is 16.5. The molecule has 1 atom stereocenters. The molecule has 1 amide bonds. The van der Waals surface area contributed by atoms with Crippen molar-refractivity contribution >= 4 is 11.9 Å². The van der Waals surface area contributed by atoms with Crippen molar-refractivity contribution in [2.75, 3.05) is 7.11 Å². The molecule has 0 radical (unpaired) electrons. The molecule has 1 N–H and O–H groups in total. The van der Waals surface area contributed by atoms with Gasteiger partial charge in [0.25, 0.3) is 5.91 Å². The minimum atomic E-state index is -0.651. The number of rotatable bonds is 2. The summed E-state index contributed by atoms with van der Waals surface area (Å²) in [6.07, 6.45) is 3.68. The summed E-state index contributed by atoms with van der Waals surface area (Å²) >= 11 is 0.